The Hall–Kier alpha value is -2.36. The second-order valence-electron chi connectivity index (χ2n) is 5.86. The summed E-state index contributed by atoms with van der Waals surface area (Å²) in [6.07, 6.45) is 0. The van der Waals surface area contributed by atoms with Crippen LogP contribution in [0.4, 0.5) is 5.69 Å². The van der Waals surface area contributed by atoms with Crippen LogP contribution in [0.5, 0.6) is 0 Å². The largest absolute Gasteiger partial charge is 0.332 e. The average molecular weight is 340 g/mol. The number of hydrogen-bond donors (Lipinski definition) is 2. The Labute approximate surface area is 146 Å². The fourth-order valence-electron chi connectivity index (χ4n) is 2.84. The van der Waals surface area contributed by atoms with Crippen LogP contribution in [0.25, 0.3) is 10.8 Å². The Bertz CT molecular complexity index is 858. The fraction of sp³-hybridized carbons (Fsp3) is 0.150. The molecule has 3 aromatic carbocycles. The fourth-order valence-corrected chi connectivity index (χ4v) is 3.03. The van der Waals surface area contributed by atoms with Crippen LogP contribution in [0.1, 0.15) is 18.5 Å². The normalized spacial score (nSPS) is 12.1. The highest BCUT2D eigenvalue weighted by molar-refractivity contribution is 6.30. The molecule has 0 saturated heterocycles. The van der Waals surface area contributed by atoms with Crippen molar-refractivity contribution in [1.82, 2.24) is 0 Å². The number of quaternary nitrogens is 1. The van der Waals surface area contributed by atoms with E-state index in [1.54, 1.807) is 12.1 Å². The minimum Gasteiger partial charge on any atom is -0.332 e. The van der Waals surface area contributed by atoms with Gasteiger partial charge >= 0.3 is 0 Å². The smallest absolute Gasteiger partial charge is 0.279 e. The monoisotopic (exact) mass is 339 g/mol. The molecule has 3 N–H and O–H groups in total. The van der Waals surface area contributed by atoms with Gasteiger partial charge in [0.25, 0.3) is 5.91 Å². The molecule has 0 bridgehead atoms. The van der Waals surface area contributed by atoms with Crippen molar-refractivity contribution in [2.24, 2.45) is 0 Å². The van der Waals surface area contributed by atoms with Crippen molar-refractivity contribution >= 4 is 34.0 Å². The number of fused-ring (bicyclic) bond motifs is 1. The van der Waals surface area contributed by atoms with Gasteiger partial charge in [0, 0.05) is 16.3 Å². The summed E-state index contributed by atoms with van der Waals surface area (Å²) in [5.74, 6) is -0.0376. The summed E-state index contributed by atoms with van der Waals surface area (Å²) in [6, 6.07) is 22.0. The van der Waals surface area contributed by atoms with Gasteiger partial charge in [-0.1, -0.05) is 60.1 Å². The van der Waals surface area contributed by atoms with E-state index in [1.165, 1.54) is 16.3 Å². The van der Waals surface area contributed by atoms with Crippen molar-refractivity contribution in [3.63, 3.8) is 0 Å². The van der Waals surface area contributed by atoms with Crippen molar-refractivity contribution in [1.29, 1.82) is 0 Å². The Kier molecular flexibility index (Phi) is 5.14. The van der Waals surface area contributed by atoms with Gasteiger partial charge in [0.1, 0.15) is 6.04 Å². The molecular formula is C20H20ClN2O+. The molecule has 0 unspecified atom stereocenters. The van der Waals surface area contributed by atoms with Gasteiger partial charge in [-0.15, -0.1) is 0 Å². The van der Waals surface area contributed by atoms with E-state index in [-0.39, 0.29) is 11.9 Å². The number of carbonyl (C=O) groups is 1. The summed E-state index contributed by atoms with van der Waals surface area (Å²) in [5, 5.41) is 7.98. The zero-order valence-corrected chi connectivity index (χ0v) is 14.3. The van der Waals surface area contributed by atoms with Crippen LogP contribution in [0, 0.1) is 0 Å². The van der Waals surface area contributed by atoms with E-state index < -0.39 is 0 Å². The molecule has 0 saturated carbocycles. The first-order chi connectivity index (χ1) is 11.6. The molecule has 24 heavy (non-hydrogen) atoms. The Morgan fingerprint density at radius 2 is 1.83 bits per heavy atom. The lowest BCUT2D eigenvalue weighted by Gasteiger charge is -2.13. The number of hydrogen-bond acceptors (Lipinski definition) is 1. The first-order valence-electron chi connectivity index (χ1n) is 8.00. The van der Waals surface area contributed by atoms with E-state index in [9.17, 15) is 4.79 Å². The van der Waals surface area contributed by atoms with Gasteiger partial charge in [-0.2, -0.15) is 0 Å². The molecule has 122 valence electrons. The van der Waals surface area contributed by atoms with Crippen LogP contribution in [0.2, 0.25) is 5.02 Å². The Morgan fingerprint density at radius 1 is 1.08 bits per heavy atom. The minimum absolute atomic E-state index is 0.0376. The molecule has 3 nitrogen and oxygen atoms in total. The summed E-state index contributed by atoms with van der Waals surface area (Å²) in [7, 11) is 0. The van der Waals surface area contributed by atoms with Gasteiger partial charge in [-0.25, -0.2) is 0 Å². The van der Waals surface area contributed by atoms with Gasteiger partial charge in [0.2, 0.25) is 0 Å². The average Bonchev–Trinajstić information content (AvgIpc) is 2.59. The lowest BCUT2D eigenvalue weighted by atomic mass is 10.00. The summed E-state index contributed by atoms with van der Waals surface area (Å²) in [5.41, 5.74) is 1.96. The van der Waals surface area contributed by atoms with Gasteiger partial charge in [0.05, 0.1) is 0 Å². The van der Waals surface area contributed by atoms with E-state index in [0.29, 0.717) is 11.6 Å². The molecule has 1 amide bonds. The molecule has 3 rings (SSSR count). The van der Waals surface area contributed by atoms with Gasteiger partial charge in [0.15, 0.2) is 6.54 Å². The summed E-state index contributed by atoms with van der Waals surface area (Å²) in [4.78, 5) is 12.1. The SMILES string of the molecule is C[C@H]([NH2+]CC(=O)Nc1cccc(Cl)c1)c1cccc2ccccc12. The number of amides is 1. The molecule has 0 aliphatic heterocycles. The standard InChI is InChI=1S/C20H19ClN2O/c1-14(18-11-4-7-15-6-2-3-10-19(15)18)22-13-20(24)23-17-9-5-8-16(21)12-17/h2-12,14,22H,13H2,1H3,(H,23,24)/p+1/t14-/m0/s1. The number of nitrogens with one attached hydrogen (secondary N) is 1. The van der Waals surface area contributed by atoms with Crippen molar-refractivity contribution in [2.75, 3.05) is 11.9 Å². The van der Waals surface area contributed by atoms with Gasteiger partial charge in [-0.3, -0.25) is 4.79 Å². The van der Waals surface area contributed by atoms with Crippen LogP contribution in [0.15, 0.2) is 66.7 Å². The van der Waals surface area contributed by atoms with Crippen LogP contribution >= 0.6 is 11.6 Å². The summed E-state index contributed by atoms with van der Waals surface area (Å²) >= 11 is 5.93. The number of nitrogens with two attached hydrogens (primary N) is 1. The van der Waals surface area contributed by atoms with Crippen molar-refractivity contribution in [3.05, 3.63) is 77.3 Å². The molecule has 0 spiro atoms. The highest BCUT2D eigenvalue weighted by atomic mass is 35.5. The second-order valence-corrected chi connectivity index (χ2v) is 6.29. The third kappa shape index (κ3) is 3.94. The highest BCUT2D eigenvalue weighted by Gasteiger charge is 2.14. The molecular weight excluding hydrogens is 320 g/mol. The highest BCUT2D eigenvalue weighted by Crippen LogP contribution is 2.22. The summed E-state index contributed by atoms with van der Waals surface area (Å²) in [6.45, 7) is 2.48. The lowest BCUT2D eigenvalue weighted by molar-refractivity contribution is -0.682. The molecule has 3 aromatic rings. The van der Waals surface area contributed by atoms with Crippen LogP contribution in [-0.4, -0.2) is 12.5 Å². The first-order valence-corrected chi connectivity index (χ1v) is 8.37. The van der Waals surface area contributed by atoms with E-state index >= 15 is 0 Å². The second kappa shape index (κ2) is 7.47. The Morgan fingerprint density at radius 3 is 2.67 bits per heavy atom. The van der Waals surface area contributed by atoms with Gasteiger partial charge < -0.3 is 10.6 Å². The third-order valence-corrected chi connectivity index (χ3v) is 4.31. The first kappa shape index (κ1) is 16.5. The molecule has 0 fully saturated rings. The molecule has 0 radical (unpaired) electrons. The predicted octanol–water partition coefficient (Wildman–Crippen LogP) is 3.76. The van der Waals surface area contributed by atoms with E-state index in [2.05, 4.69) is 42.6 Å². The number of halogens is 1. The minimum atomic E-state index is -0.0376. The van der Waals surface area contributed by atoms with Crippen molar-refractivity contribution in [2.45, 2.75) is 13.0 Å². The number of rotatable bonds is 5. The van der Waals surface area contributed by atoms with Gasteiger partial charge in [-0.05, 0) is 35.9 Å². The topological polar surface area (TPSA) is 45.7 Å². The van der Waals surface area contributed by atoms with Crippen LogP contribution in [-0.2, 0) is 4.79 Å². The number of carbonyl (C=O) groups excluding carboxylic acids is 1. The van der Waals surface area contributed by atoms with E-state index in [4.69, 9.17) is 11.6 Å². The zero-order chi connectivity index (χ0) is 16.9. The van der Waals surface area contributed by atoms with E-state index in [1.807, 2.05) is 29.6 Å². The maximum absolute atomic E-state index is 12.1. The third-order valence-electron chi connectivity index (χ3n) is 4.08. The molecule has 0 aromatic heterocycles. The van der Waals surface area contributed by atoms with Crippen molar-refractivity contribution in [3.8, 4) is 0 Å². The summed E-state index contributed by atoms with van der Waals surface area (Å²) < 4.78 is 0. The number of benzene rings is 3. The maximum atomic E-state index is 12.1. The number of anilines is 1. The molecule has 1 atom stereocenters. The van der Waals surface area contributed by atoms with Crippen molar-refractivity contribution < 1.29 is 10.1 Å². The predicted molar refractivity (Wildman–Crippen MR) is 99.2 cm³/mol. The van der Waals surface area contributed by atoms with Crippen LogP contribution < -0.4 is 10.6 Å². The van der Waals surface area contributed by atoms with Crippen LogP contribution in [0.3, 0.4) is 0 Å². The molecule has 0 aliphatic rings. The molecule has 4 heteroatoms. The Balaban J connectivity index is 1.64. The quantitative estimate of drug-likeness (QED) is 0.730. The maximum Gasteiger partial charge on any atom is 0.279 e. The molecule has 0 heterocycles. The molecule has 0 aliphatic carbocycles. The van der Waals surface area contributed by atoms with E-state index in [0.717, 1.165) is 5.69 Å². The lowest BCUT2D eigenvalue weighted by Crippen LogP contribution is -2.86. The zero-order valence-electron chi connectivity index (χ0n) is 13.5.